The zero-order chi connectivity index (χ0) is 10.4. The summed E-state index contributed by atoms with van der Waals surface area (Å²) in [5.74, 6) is 0.102. The van der Waals surface area contributed by atoms with Crippen LogP contribution >= 0.6 is 12.4 Å². The fraction of sp³-hybridized carbons (Fsp3) is 0.900. The lowest BCUT2D eigenvalue weighted by Gasteiger charge is -2.34. The third kappa shape index (κ3) is 3.63. The first-order valence-electron chi connectivity index (χ1n) is 5.31. The number of carbonyl (C=O) groups is 1. The number of hydrogen-bond donors (Lipinski definition) is 2. The van der Waals surface area contributed by atoms with Crippen LogP contribution in [0.4, 0.5) is 0 Å². The van der Waals surface area contributed by atoms with Crippen LogP contribution in [-0.2, 0) is 9.53 Å². The molecule has 0 unspecified atom stereocenters. The molecule has 0 spiro atoms. The minimum atomic E-state index is -0.368. The number of hydrogen-bond acceptors (Lipinski definition) is 3. The van der Waals surface area contributed by atoms with E-state index in [2.05, 4.69) is 5.32 Å². The van der Waals surface area contributed by atoms with Gasteiger partial charge in [0.15, 0.2) is 0 Å². The van der Waals surface area contributed by atoms with Crippen molar-refractivity contribution in [3.05, 3.63) is 0 Å². The van der Waals surface area contributed by atoms with Crippen LogP contribution in [0, 0.1) is 5.41 Å². The van der Waals surface area contributed by atoms with Crippen LogP contribution in [0.1, 0.15) is 26.2 Å². The van der Waals surface area contributed by atoms with Crippen LogP contribution in [0.5, 0.6) is 0 Å². The Morgan fingerprint density at radius 1 is 1.47 bits per heavy atom. The van der Waals surface area contributed by atoms with Crippen molar-refractivity contribution in [2.45, 2.75) is 26.2 Å². The van der Waals surface area contributed by atoms with Crippen LogP contribution in [0.15, 0.2) is 0 Å². The van der Waals surface area contributed by atoms with Gasteiger partial charge in [-0.1, -0.05) is 6.92 Å². The maximum Gasteiger partial charge on any atom is 0.227 e. The van der Waals surface area contributed by atoms with Gasteiger partial charge in [0.2, 0.25) is 5.91 Å². The van der Waals surface area contributed by atoms with Crippen molar-refractivity contribution in [3.63, 3.8) is 0 Å². The van der Waals surface area contributed by atoms with Crippen molar-refractivity contribution in [2.24, 2.45) is 11.1 Å². The van der Waals surface area contributed by atoms with E-state index in [9.17, 15) is 4.79 Å². The first-order valence-corrected chi connectivity index (χ1v) is 5.31. The number of rotatable bonds is 4. The molecular formula is C10H21ClN2O2. The lowest BCUT2D eigenvalue weighted by molar-refractivity contribution is -0.135. The molecule has 0 aliphatic carbocycles. The van der Waals surface area contributed by atoms with Crippen LogP contribution < -0.4 is 11.1 Å². The van der Waals surface area contributed by atoms with Gasteiger partial charge in [-0.2, -0.15) is 0 Å². The van der Waals surface area contributed by atoms with Crippen molar-refractivity contribution >= 4 is 18.3 Å². The average Bonchev–Trinajstić information content (AvgIpc) is 2.26. The summed E-state index contributed by atoms with van der Waals surface area (Å²) in [4.78, 5) is 11.9. The Bertz CT molecular complexity index is 194. The predicted octanol–water partition coefficient (Wildman–Crippen LogP) is 0.690. The average molecular weight is 237 g/mol. The highest BCUT2D eigenvalue weighted by molar-refractivity contribution is 5.85. The molecule has 1 saturated heterocycles. The summed E-state index contributed by atoms with van der Waals surface area (Å²) < 4.78 is 5.25. The molecule has 1 amide bonds. The predicted molar refractivity (Wildman–Crippen MR) is 62.1 cm³/mol. The minimum absolute atomic E-state index is 0. The lowest BCUT2D eigenvalue weighted by atomic mass is 9.79. The molecule has 1 aliphatic rings. The number of amides is 1. The molecule has 0 bridgehead atoms. The van der Waals surface area contributed by atoms with Crippen molar-refractivity contribution in [1.82, 2.24) is 5.32 Å². The van der Waals surface area contributed by atoms with Crippen molar-refractivity contribution in [3.8, 4) is 0 Å². The molecule has 1 rings (SSSR count). The SMILES string of the molecule is CCCNC(=O)C1(CN)CCOCC1.Cl. The third-order valence-corrected chi connectivity index (χ3v) is 2.86. The second kappa shape index (κ2) is 7.04. The Kier molecular flexibility index (Phi) is 6.89. The molecule has 4 nitrogen and oxygen atoms in total. The second-order valence-corrected chi connectivity index (χ2v) is 3.85. The molecule has 1 aliphatic heterocycles. The Hall–Kier alpha value is -0.320. The minimum Gasteiger partial charge on any atom is -0.381 e. The van der Waals surface area contributed by atoms with E-state index < -0.39 is 0 Å². The zero-order valence-electron chi connectivity index (χ0n) is 9.25. The largest absolute Gasteiger partial charge is 0.381 e. The summed E-state index contributed by atoms with van der Waals surface area (Å²) >= 11 is 0. The maximum atomic E-state index is 11.9. The van der Waals surface area contributed by atoms with Gasteiger partial charge in [0.1, 0.15) is 0 Å². The lowest BCUT2D eigenvalue weighted by Crippen LogP contribution is -2.49. The van der Waals surface area contributed by atoms with E-state index in [1.165, 1.54) is 0 Å². The van der Waals surface area contributed by atoms with E-state index >= 15 is 0 Å². The molecule has 0 atom stereocenters. The molecule has 0 aromatic rings. The first-order chi connectivity index (χ1) is 6.75. The van der Waals surface area contributed by atoms with Gasteiger partial charge in [-0.15, -0.1) is 12.4 Å². The molecule has 0 saturated carbocycles. The molecule has 5 heteroatoms. The Morgan fingerprint density at radius 2 is 2.07 bits per heavy atom. The summed E-state index contributed by atoms with van der Waals surface area (Å²) in [6, 6.07) is 0. The van der Waals surface area contributed by atoms with Gasteiger partial charge in [0.05, 0.1) is 5.41 Å². The quantitative estimate of drug-likeness (QED) is 0.755. The Morgan fingerprint density at radius 3 is 2.53 bits per heavy atom. The van der Waals surface area contributed by atoms with Crippen molar-refractivity contribution < 1.29 is 9.53 Å². The van der Waals surface area contributed by atoms with Crippen LogP contribution in [-0.4, -0.2) is 32.2 Å². The molecule has 1 fully saturated rings. The summed E-state index contributed by atoms with van der Waals surface area (Å²) in [5.41, 5.74) is 5.33. The molecular weight excluding hydrogens is 216 g/mol. The van der Waals surface area contributed by atoms with E-state index in [0.717, 1.165) is 25.8 Å². The van der Waals surface area contributed by atoms with Gasteiger partial charge in [-0.25, -0.2) is 0 Å². The number of nitrogens with two attached hydrogens (primary N) is 1. The molecule has 1 heterocycles. The van der Waals surface area contributed by atoms with Gasteiger partial charge < -0.3 is 15.8 Å². The topological polar surface area (TPSA) is 64.4 Å². The highest BCUT2D eigenvalue weighted by atomic mass is 35.5. The van der Waals surface area contributed by atoms with Crippen molar-refractivity contribution in [2.75, 3.05) is 26.3 Å². The van der Waals surface area contributed by atoms with Gasteiger partial charge in [-0.3, -0.25) is 4.79 Å². The van der Waals surface area contributed by atoms with Crippen LogP contribution in [0.3, 0.4) is 0 Å². The summed E-state index contributed by atoms with van der Waals surface area (Å²) in [6.07, 6.45) is 2.46. The summed E-state index contributed by atoms with van der Waals surface area (Å²) in [6.45, 7) is 4.50. The first kappa shape index (κ1) is 14.7. The van der Waals surface area contributed by atoms with Crippen LogP contribution in [0.2, 0.25) is 0 Å². The van der Waals surface area contributed by atoms with E-state index in [4.69, 9.17) is 10.5 Å². The smallest absolute Gasteiger partial charge is 0.227 e. The Labute approximate surface area is 97.3 Å². The molecule has 0 aromatic heterocycles. The normalized spacial score (nSPS) is 19.1. The van der Waals surface area contributed by atoms with E-state index in [1.807, 2.05) is 6.92 Å². The highest BCUT2D eigenvalue weighted by Gasteiger charge is 2.38. The zero-order valence-corrected chi connectivity index (χ0v) is 10.1. The van der Waals surface area contributed by atoms with E-state index in [0.29, 0.717) is 19.8 Å². The fourth-order valence-corrected chi connectivity index (χ4v) is 1.71. The summed E-state index contributed by atoms with van der Waals surface area (Å²) in [7, 11) is 0. The molecule has 90 valence electrons. The molecule has 3 N–H and O–H groups in total. The fourth-order valence-electron chi connectivity index (χ4n) is 1.71. The summed E-state index contributed by atoms with van der Waals surface area (Å²) in [5, 5.41) is 2.92. The number of nitrogens with one attached hydrogen (secondary N) is 1. The molecule has 0 radical (unpaired) electrons. The third-order valence-electron chi connectivity index (χ3n) is 2.86. The Balaban J connectivity index is 0.00000196. The second-order valence-electron chi connectivity index (χ2n) is 3.85. The standard InChI is InChI=1S/C10H20N2O2.ClH/c1-2-5-12-9(13)10(8-11)3-6-14-7-4-10;/h2-8,11H2,1H3,(H,12,13);1H. The van der Waals surface area contributed by atoms with Gasteiger partial charge in [-0.05, 0) is 19.3 Å². The van der Waals surface area contributed by atoms with Gasteiger partial charge >= 0.3 is 0 Å². The number of carbonyl (C=O) groups excluding carboxylic acids is 1. The highest BCUT2D eigenvalue weighted by Crippen LogP contribution is 2.29. The van der Waals surface area contributed by atoms with E-state index in [1.54, 1.807) is 0 Å². The van der Waals surface area contributed by atoms with Gasteiger partial charge in [0.25, 0.3) is 0 Å². The van der Waals surface area contributed by atoms with Crippen LogP contribution in [0.25, 0.3) is 0 Å². The van der Waals surface area contributed by atoms with Crippen molar-refractivity contribution in [1.29, 1.82) is 0 Å². The van der Waals surface area contributed by atoms with Gasteiger partial charge in [0, 0.05) is 26.3 Å². The monoisotopic (exact) mass is 236 g/mol. The molecule has 15 heavy (non-hydrogen) atoms. The number of halogens is 1. The maximum absolute atomic E-state index is 11.9. The van der Waals surface area contributed by atoms with E-state index in [-0.39, 0.29) is 23.7 Å². The molecule has 0 aromatic carbocycles. The number of ether oxygens (including phenoxy) is 1.